The van der Waals surface area contributed by atoms with Gasteiger partial charge in [-0.25, -0.2) is 0 Å². The summed E-state index contributed by atoms with van der Waals surface area (Å²) in [5.41, 5.74) is 2.80. The quantitative estimate of drug-likeness (QED) is 0.834. The Morgan fingerprint density at radius 2 is 2.06 bits per heavy atom. The van der Waals surface area contributed by atoms with Gasteiger partial charge in [-0.05, 0) is 47.2 Å². The van der Waals surface area contributed by atoms with E-state index in [0.29, 0.717) is 5.41 Å². The normalized spacial score (nSPS) is 21.8. The van der Waals surface area contributed by atoms with E-state index in [0.717, 1.165) is 18.2 Å². The standard InChI is InChI=1S/C14H24BrN3/c1-10-13(15)12(17(5)16-10)9-18-7-6-11(8-18)14(2,3)4/h11H,6-9H2,1-5H3. The van der Waals surface area contributed by atoms with E-state index in [-0.39, 0.29) is 0 Å². The number of rotatable bonds is 2. The summed E-state index contributed by atoms with van der Waals surface area (Å²) in [6.07, 6.45) is 1.32. The predicted molar refractivity (Wildman–Crippen MR) is 78.5 cm³/mol. The van der Waals surface area contributed by atoms with E-state index in [4.69, 9.17) is 0 Å². The van der Waals surface area contributed by atoms with E-state index in [1.165, 1.54) is 29.7 Å². The van der Waals surface area contributed by atoms with Crippen molar-refractivity contribution in [1.29, 1.82) is 0 Å². The molecule has 1 fully saturated rings. The molecular weight excluding hydrogens is 290 g/mol. The molecule has 1 aromatic heterocycles. The molecule has 1 saturated heterocycles. The van der Waals surface area contributed by atoms with Crippen molar-refractivity contribution in [3.8, 4) is 0 Å². The number of halogens is 1. The molecule has 1 aliphatic heterocycles. The van der Waals surface area contributed by atoms with Crippen molar-refractivity contribution in [3.63, 3.8) is 0 Å². The van der Waals surface area contributed by atoms with Crippen LogP contribution in [-0.2, 0) is 13.6 Å². The molecule has 1 aromatic rings. The molecule has 0 radical (unpaired) electrons. The van der Waals surface area contributed by atoms with Gasteiger partial charge in [0.15, 0.2) is 0 Å². The van der Waals surface area contributed by atoms with Crippen molar-refractivity contribution >= 4 is 15.9 Å². The molecule has 0 aliphatic carbocycles. The van der Waals surface area contributed by atoms with Crippen LogP contribution in [0, 0.1) is 18.3 Å². The fraction of sp³-hybridized carbons (Fsp3) is 0.786. The Kier molecular flexibility index (Phi) is 3.88. The fourth-order valence-corrected chi connectivity index (χ4v) is 3.21. The Balaban J connectivity index is 2.04. The third-order valence-electron chi connectivity index (χ3n) is 4.13. The average molecular weight is 314 g/mol. The molecule has 2 rings (SSSR count). The number of aryl methyl sites for hydroxylation is 2. The van der Waals surface area contributed by atoms with E-state index < -0.39 is 0 Å². The first-order valence-electron chi connectivity index (χ1n) is 6.69. The number of likely N-dealkylation sites (tertiary alicyclic amines) is 1. The molecule has 102 valence electrons. The predicted octanol–water partition coefficient (Wildman–Crippen LogP) is 3.36. The second-order valence-corrected chi connectivity index (χ2v) is 7.35. The lowest BCUT2D eigenvalue weighted by Crippen LogP contribution is -2.26. The number of aromatic nitrogens is 2. The molecular formula is C14H24BrN3. The molecule has 0 spiro atoms. The summed E-state index contributed by atoms with van der Waals surface area (Å²) in [6.45, 7) is 12.5. The molecule has 1 aliphatic rings. The Morgan fingerprint density at radius 3 is 2.50 bits per heavy atom. The summed E-state index contributed by atoms with van der Waals surface area (Å²) < 4.78 is 3.17. The van der Waals surface area contributed by atoms with Gasteiger partial charge in [-0.1, -0.05) is 20.8 Å². The topological polar surface area (TPSA) is 21.1 Å². The molecule has 18 heavy (non-hydrogen) atoms. The first-order chi connectivity index (χ1) is 8.29. The van der Waals surface area contributed by atoms with Gasteiger partial charge in [0.25, 0.3) is 0 Å². The minimum Gasteiger partial charge on any atom is -0.297 e. The van der Waals surface area contributed by atoms with Gasteiger partial charge in [-0.3, -0.25) is 9.58 Å². The van der Waals surface area contributed by atoms with Crippen LogP contribution in [0.25, 0.3) is 0 Å². The molecule has 2 heterocycles. The van der Waals surface area contributed by atoms with E-state index in [1.807, 2.05) is 11.7 Å². The lowest BCUT2D eigenvalue weighted by molar-refractivity contribution is 0.224. The van der Waals surface area contributed by atoms with Crippen molar-refractivity contribution in [3.05, 3.63) is 15.9 Å². The minimum atomic E-state index is 0.425. The van der Waals surface area contributed by atoms with E-state index in [1.54, 1.807) is 0 Å². The summed E-state index contributed by atoms with van der Waals surface area (Å²) in [6, 6.07) is 0. The van der Waals surface area contributed by atoms with Crippen LogP contribution in [0.3, 0.4) is 0 Å². The molecule has 0 amide bonds. The van der Waals surface area contributed by atoms with Gasteiger partial charge >= 0.3 is 0 Å². The van der Waals surface area contributed by atoms with Crippen molar-refractivity contribution < 1.29 is 0 Å². The van der Waals surface area contributed by atoms with Gasteiger partial charge in [0.1, 0.15) is 0 Å². The average Bonchev–Trinajstić information content (AvgIpc) is 2.80. The van der Waals surface area contributed by atoms with Gasteiger partial charge in [-0.15, -0.1) is 0 Å². The lowest BCUT2D eigenvalue weighted by atomic mass is 9.80. The van der Waals surface area contributed by atoms with Crippen LogP contribution in [0.1, 0.15) is 38.6 Å². The second-order valence-electron chi connectivity index (χ2n) is 6.56. The Hall–Kier alpha value is -0.350. The first-order valence-corrected chi connectivity index (χ1v) is 7.48. The summed E-state index contributed by atoms with van der Waals surface area (Å²) in [5, 5.41) is 4.46. The van der Waals surface area contributed by atoms with Gasteiger partial charge in [0.2, 0.25) is 0 Å². The van der Waals surface area contributed by atoms with Crippen molar-refractivity contribution in [2.45, 2.75) is 40.7 Å². The maximum Gasteiger partial charge on any atom is 0.0739 e. The van der Waals surface area contributed by atoms with Crippen LogP contribution in [0.2, 0.25) is 0 Å². The van der Waals surface area contributed by atoms with Crippen LogP contribution in [-0.4, -0.2) is 27.8 Å². The highest BCUT2D eigenvalue weighted by Gasteiger charge is 2.32. The maximum atomic E-state index is 4.46. The van der Waals surface area contributed by atoms with Gasteiger partial charge < -0.3 is 0 Å². The van der Waals surface area contributed by atoms with Crippen molar-refractivity contribution in [2.24, 2.45) is 18.4 Å². The van der Waals surface area contributed by atoms with Gasteiger partial charge in [-0.2, -0.15) is 5.10 Å². The van der Waals surface area contributed by atoms with E-state index in [2.05, 4.69) is 53.6 Å². The van der Waals surface area contributed by atoms with E-state index in [9.17, 15) is 0 Å². The maximum absolute atomic E-state index is 4.46. The third-order valence-corrected chi connectivity index (χ3v) is 5.16. The summed E-state index contributed by atoms with van der Waals surface area (Å²) in [7, 11) is 2.03. The van der Waals surface area contributed by atoms with Crippen molar-refractivity contribution in [1.82, 2.24) is 14.7 Å². The number of nitrogens with zero attached hydrogens (tertiary/aromatic N) is 3. The molecule has 3 nitrogen and oxygen atoms in total. The smallest absolute Gasteiger partial charge is 0.0739 e. The van der Waals surface area contributed by atoms with Crippen LogP contribution in [0.4, 0.5) is 0 Å². The highest BCUT2D eigenvalue weighted by Crippen LogP contribution is 2.34. The monoisotopic (exact) mass is 313 g/mol. The first kappa shape index (κ1) is 14.1. The zero-order chi connectivity index (χ0) is 13.5. The van der Waals surface area contributed by atoms with Crippen LogP contribution in [0.15, 0.2) is 4.47 Å². The molecule has 0 aromatic carbocycles. The molecule has 1 unspecified atom stereocenters. The van der Waals surface area contributed by atoms with Gasteiger partial charge in [0.05, 0.1) is 15.9 Å². The highest BCUT2D eigenvalue weighted by molar-refractivity contribution is 9.10. The lowest BCUT2D eigenvalue weighted by Gasteiger charge is -2.27. The van der Waals surface area contributed by atoms with Crippen LogP contribution < -0.4 is 0 Å². The Morgan fingerprint density at radius 1 is 1.39 bits per heavy atom. The zero-order valence-corrected chi connectivity index (χ0v) is 13.7. The Labute approximate surface area is 119 Å². The summed E-state index contributed by atoms with van der Waals surface area (Å²) in [5.74, 6) is 0.811. The van der Waals surface area contributed by atoms with Crippen LogP contribution in [0.5, 0.6) is 0 Å². The molecule has 0 bridgehead atoms. The zero-order valence-electron chi connectivity index (χ0n) is 12.1. The molecule has 4 heteroatoms. The minimum absolute atomic E-state index is 0.425. The third kappa shape index (κ3) is 2.80. The summed E-state index contributed by atoms with van der Waals surface area (Å²) in [4.78, 5) is 2.55. The number of hydrogen-bond acceptors (Lipinski definition) is 2. The Bertz CT molecular complexity index is 431. The van der Waals surface area contributed by atoms with Crippen molar-refractivity contribution in [2.75, 3.05) is 13.1 Å². The largest absolute Gasteiger partial charge is 0.297 e. The summed E-state index contributed by atoms with van der Waals surface area (Å²) >= 11 is 3.65. The highest BCUT2D eigenvalue weighted by atomic mass is 79.9. The SMILES string of the molecule is Cc1nn(C)c(CN2CCC(C(C)(C)C)C2)c1Br. The number of hydrogen-bond donors (Lipinski definition) is 0. The molecule has 0 N–H and O–H groups in total. The van der Waals surface area contributed by atoms with Gasteiger partial charge in [0, 0.05) is 20.1 Å². The fourth-order valence-electron chi connectivity index (χ4n) is 2.75. The molecule has 0 saturated carbocycles. The second kappa shape index (κ2) is 4.97. The van der Waals surface area contributed by atoms with Crippen LogP contribution >= 0.6 is 15.9 Å². The molecule has 1 atom stereocenters. The van der Waals surface area contributed by atoms with E-state index >= 15 is 0 Å².